The van der Waals surface area contributed by atoms with Crippen LogP contribution in [0.5, 0.6) is 0 Å². The first-order chi connectivity index (χ1) is 14.0. The Kier molecular flexibility index (Phi) is 4.88. The minimum absolute atomic E-state index is 0.0820. The molecule has 0 aliphatic rings. The number of nitrogens with zero attached hydrogens (tertiary/aromatic N) is 3. The molecule has 0 aliphatic heterocycles. The average molecular weight is 392 g/mol. The molecule has 0 saturated carbocycles. The van der Waals surface area contributed by atoms with E-state index in [0.29, 0.717) is 22.9 Å². The van der Waals surface area contributed by atoms with Crippen molar-refractivity contribution < 1.29 is 9.18 Å². The van der Waals surface area contributed by atoms with Crippen molar-refractivity contribution >= 4 is 27.7 Å². The van der Waals surface area contributed by atoms with Gasteiger partial charge in [-0.15, -0.1) is 0 Å². The van der Waals surface area contributed by atoms with E-state index in [9.17, 15) is 14.0 Å². The first-order valence-corrected chi connectivity index (χ1v) is 9.49. The van der Waals surface area contributed by atoms with Crippen molar-refractivity contribution in [2.24, 2.45) is 7.05 Å². The van der Waals surface area contributed by atoms with E-state index in [-0.39, 0.29) is 23.8 Å². The number of amides is 1. The second-order valence-corrected chi connectivity index (χ2v) is 6.96. The highest BCUT2D eigenvalue weighted by atomic mass is 19.1. The summed E-state index contributed by atoms with van der Waals surface area (Å²) in [5.74, 6) is -0.630. The van der Waals surface area contributed by atoms with Gasteiger partial charge in [-0.1, -0.05) is 43.3 Å². The predicted molar refractivity (Wildman–Crippen MR) is 110 cm³/mol. The van der Waals surface area contributed by atoms with Gasteiger partial charge in [0, 0.05) is 29.9 Å². The first-order valence-electron chi connectivity index (χ1n) is 9.49. The zero-order valence-corrected chi connectivity index (χ0v) is 16.2. The molecule has 1 N–H and O–H groups in total. The Bertz CT molecular complexity index is 1280. The summed E-state index contributed by atoms with van der Waals surface area (Å²) in [6.45, 7) is 1.97. The maximum Gasteiger partial charge on any atom is 0.291 e. The number of halogens is 1. The third-order valence-corrected chi connectivity index (χ3v) is 5.22. The van der Waals surface area contributed by atoms with Gasteiger partial charge in [0.1, 0.15) is 17.4 Å². The van der Waals surface area contributed by atoms with Gasteiger partial charge in [-0.3, -0.25) is 9.59 Å². The summed E-state index contributed by atoms with van der Waals surface area (Å²) in [6, 6.07) is 13.3. The van der Waals surface area contributed by atoms with Crippen LogP contribution in [0.2, 0.25) is 0 Å². The van der Waals surface area contributed by atoms with Crippen molar-refractivity contribution in [1.82, 2.24) is 19.7 Å². The van der Waals surface area contributed by atoms with Gasteiger partial charge >= 0.3 is 0 Å². The van der Waals surface area contributed by atoms with Crippen molar-refractivity contribution in [3.05, 3.63) is 76.5 Å². The van der Waals surface area contributed by atoms with Crippen LogP contribution in [-0.2, 0) is 18.4 Å². The van der Waals surface area contributed by atoms with E-state index in [1.165, 1.54) is 10.7 Å². The van der Waals surface area contributed by atoms with Crippen molar-refractivity contribution in [3.63, 3.8) is 0 Å². The number of carbonyl (C=O) groups excluding carboxylic acids is 1. The van der Waals surface area contributed by atoms with E-state index >= 15 is 0 Å². The zero-order valence-electron chi connectivity index (χ0n) is 16.2. The van der Waals surface area contributed by atoms with Gasteiger partial charge in [0.05, 0.1) is 11.7 Å². The number of carbonyl (C=O) groups is 1. The molecule has 0 bridgehead atoms. The van der Waals surface area contributed by atoms with Crippen molar-refractivity contribution in [3.8, 4) is 0 Å². The van der Waals surface area contributed by atoms with E-state index in [1.807, 2.05) is 31.2 Å². The number of benzene rings is 2. The molecule has 29 heavy (non-hydrogen) atoms. The molecule has 2 aromatic carbocycles. The molecule has 1 atom stereocenters. The smallest absolute Gasteiger partial charge is 0.291 e. The number of rotatable bonds is 5. The van der Waals surface area contributed by atoms with Crippen LogP contribution in [0.3, 0.4) is 0 Å². The van der Waals surface area contributed by atoms with Crippen LogP contribution in [-0.4, -0.2) is 20.3 Å². The van der Waals surface area contributed by atoms with E-state index < -0.39 is 6.04 Å². The van der Waals surface area contributed by atoms with Gasteiger partial charge in [0.25, 0.3) is 5.56 Å². The Labute approximate surface area is 166 Å². The molecule has 0 radical (unpaired) electrons. The maximum atomic E-state index is 13.9. The molecule has 148 valence electrons. The highest BCUT2D eigenvalue weighted by Gasteiger charge is 2.25. The lowest BCUT2D eigenvalue weighted by Gasteiger charge is -2.19. The molecule has 6 nitrogen and oxygen atoms in total. The molecule has 0 fully saturated rings. The van der Waals surface area contributed by atoms with Gasteiger partial charge in [-0.2, -0.15) is 5.10 Å². The summed E-state index contributed by atoms with van der Waals surface area (Å²) in [4.78, 5) is 25.9. The number of aromatic nitrogens is 3. The van der Waals surface area contributed by atoms with E-state index in [2.05, 4.69) is 10.4 Å². The topological polar surface area (TPSA) is 68.9 Å². The summed E-state index contributed by atoms with van der Waals surface area (Å²) in [5, 5.41) is 8.53. The number of hydrogen-bond donors (Lipinski definition) is 1. The Balaban J connectivity index is 1.80. The number of fused-ring (bicyclic) bond motifs is 3. The number of hydrogen-bond acceptors (Lipinski definition) is 3. The first kappa shape index (κ1) is 18.9. The molecule has 0 spiro atoms. The van der Waals surface area contributed by atoms with Crippen LogP contribution in [0, 0.1) is 5.82 Å². The lowest BCUT2D eigenvalue weighted by Crippen LogP contribution is -2.33. The van der Waals surface area contributed by atoms with Crippen LogP contribution in [0.1, 0.15) is 24.9 Å². The SMILES string of the molecule is CC[C@@H](C(=O)NCc1ccccc1F)n1c2ccccc2c2cnn(C)c(=O)c21. The fourth-order valence-electron chi connectivity index (χ4n) is 3.74. The van der Waals surface area contributed by atoms with Crippen LogP contribution in [0.4, 0.5) is 4.39 Å². The number of para-hydroxylation sites is 1. The van der Waals surface area contributed by atoms with E-state index in [4.69, 9.17) is 0 Å². The fraction of sp³-hybridized carbons (Fsp3) is 0.227. The second kappa shape index (κ2) is 7.50. The van der Waals surface area contributed by atoms with Gasteiger partial charge in [0.15, 0.2) is 0 Å². The molecule has 0 saturated heterocycles. The van der Waals surface area contributed by atoms with Gasteiger partial charge in [-0.25, -0.2) is 9.07 Å². The summed E-state index contributed by atoms with van der Waals surface area (Å²) in [7, 11) is 1.59. The molecule has 2 aromatic heterocycles. The zero-order chi connectivity index (χ0) is 20.5. The summed E-state index contributed by atoms with van der Waals surface area (Å²) in [5.41, 5.74) is 1.38. The molecular weight excluding hydrogens is 371 g/mol. The third kappa shape index (κ3) is 3.18. The lowest BCUT2D eigenvalue weighted by atomic mass is 10.1. The van der Waals surface area contributed by atoms with Crippen LogP contribution in [0.25, 0.3) is 21.8 Å². The Morgan fingerprint density at radius 3 is 2.62 bits per heavy atom. The standard InChI is InChI=1S/C22H21FN4O2/c1-3-18(21(28)24-12-14-8-4-6-10-17(14)23)27-19-11-7-5-9-15(19)16-13-25-26(2)22(29)20(16)27/h4-11,13,18H,3,12H2,1-2H3,(H,24,28)/t18-/m0/s1. The highest BCUT2D eigenvalue weighted by molar-refractivity contribution is 6.08. The van der Waals surface area contributed by atoms with Crippen LogP contribution < -0.4 is 10.9 Å². The Morgan fingerprint density at radius 1 is 1.14 bits per heavy atom. The average Bonchev–Trinajstić information content (AvgIpc) is 3.06. The Hall–Kier alpha value is -3.48. The monoisotopic (exact) mass is 392 g/mol. The van der Waals surface area contributed by atoms with Crippen molar-refractivity contribution in [2.45, 2.75) is 25.9 Å². The minimum atomic E-state index is -0.612. The van der Waals surface area contributed by atoms with E-state index in [1.54, 1.807) is 36.0 Å². The van der Waals surface area contributed by atoms with Gasteiger partial charge in [0.2, 0.25) is 5.91 Å². The Morgan fingerprint density at radius 2 is 1.86 bits per heavy atom. The van der Waals surface area contributed by atoms with Crippen LogP contribution in [0.15, 0.2) is 59.5 Å². The van der Waals surface area contributed by atoms with Crippen molar-refractivity contribution in [2.75, 3.05) is 0 Å². The molecule has 4 rings (SSSR count). The quantitative estimate of drug-likeness (QED) is 0.567. The molecule has 0 unspecified atom stereocenters. The maximum absolute atomic E-state index is 13.9. The number of nitrogens with one attached hydrogen (secondary N) is 1. The molecular formula is C22H21FN4O2. The summed E-state index contributed by atoms with van der Waals surface area (Å²) < 4.78 is 17.0. The predicted octanol–water partition coefficient (Wildman–Crippen LogP) is 3.29. The molecule has 1 amide bonds. The summed E-state index contributed by atoms with van der Waals surface area (Å²) >= 11 is 0. The molecule has 2 heterocycles. The third-order valence-electron chi connectivity index (χ3n) is 5.22. The van der Waals surface area contributed by atoms with Gasteiger partial charge < -0.3 is 9.88 Å². The minimum Gasteiger partial charge on any atom is -0.350 e. The largest absolute Gasteiger partial charge is 0.350 e. The molecule has 4 aromatic rings. The van der Waals surface area contributed by atoms with Gasteiger partial charge in [-0.05, 0) is 18.6 Å². The summed E-state index contributed by atoms with van der Waals surface area (Å²) in [6.07, 6.45) is 2.13. The van der Waals surface area contributed by atoms with Crippen LogP contribution >= 0.6 is 0 Å². The normalized spacial score (nSPS) is 12.4. The highest BCUT2D eigenvalue weighted by Crippen LogP contribution is 2.30. The lowest BCUT2D eigenvalue weighted by molar-refractivity contribution is -0.124. The number of aryl methyl sites for hydroxylation is 1. The molecule has 7 heteroatoms. The van der Waals surface area contributed by atoms with E-state index in [0.717, 1.165) is 10.9 Å². The second-order valence-electron chi connectivity index (χ2n) is 6.96. The fourth-order valence-corrected chi connectivity index (χ4v) is 3.74. The molecule has 0 aliphatic carbocycles. The van der Waals surface area contributed by atoms with Crippen molar-refractivity contribution in [1.29, 1.82) is 0 Å².